The molecule has 1 unspecified atom stereocenters. The van der Waals surface area contributed by atoms with Gasteiger partial charge in [-0.05, 0) is 12.8 Å². The van der Waals surface area contributed by atoms with Crippen molar-refractivity contribution in [1.29, 1.82) is 0 Å². The summed E-state index contributed by atoms with van der Waals surface area (Å²) in [6, 6.07) is 1.51. The lowest BCUT2D eigenvalue weighted by atomic mass is 9.99. The molecule has 1 atom stereocenters. The fourth-order valence-corrected chi connectivity index (χ4v) is 2.82. The van der Waals surface area contributed by atoms with Gasteiger partial charge in [0.25, 0.3) is 0 Å². The van der Waals surface area contributed by atoms with Crippen LogP contribution in [0.15, 0.2) is 11.2 Å². The summed E-state index contributed by atoms with van der Waals surface area (Å²) in [7, 11) is 0. The SMILES string of the molecule is Nc1cc(N)nc(SC2CCCCC2=O)n1. The normalized spacial score (nSPS) is 21.0. The molecular weight excluding hydrogens is 224 g/mol. The van der Waals surface area contributed by atoms with Crippen molar-refractivity contribution in [3.63, 3.8) is 0 Å². The summed E-state index contributed by atoms with van der Waals surface area (Å²) in [6.07, 6.45) is 3.63. The lowest BCUT2D eigenvalue weighted by molar-refractivity contribution is -0.119. The Morgan fingerprint density at radius 2 is 1.94 bits per heavy atom. The number of thioether (sulfide) groups is 1. The maximum atomic E-state index is 11.6. The Bertz CT molecular complexity index is 390. The fraction of sp³-hybridized carbons (Fsp3) is 0.500. The summed E-state index contributed by atoms with van der Waals surface area (Å²) in [4.78, 5) is 19.7. The number of anilines is 2. The van der Waals surface area contributed by atoms with Crippen LogP contribution in [0.25, 0.3) is 0 Å². The molecule has 4 N–H and O–H groups in total. The molecule has 1 aromatic heterocycles. The first kappa shape index (κ1) is 11.2. The summed E-state index contributed by atoms with van der Waals surface area (Å²) >= 11 is 1.37. The fourth-order valence-electron chi connectivity index (χ4n) is 1.72. The van der Waals surface area contributed by atoms with Crippen LogP contribution < -0.4 is 11.5 Å². The highest BCUT2D eigenvalue weighted by atomic mass is 32.2. The lowest BCUT2D eigenvalue weighted by Crippen LogP contribution is -2.21. The minimum absolute atomic E-state index is 0.0325. The maximum absolute atomic E-state index is 11.6. The summed E-state index contributed by atoms with van der Waals surface area (Å²) in [5.74, 6) is 0.970. The van der Waals surface area contributed by atoms with Gasteiger partial charge in [0.05, 0.1) is 5.25 Å². The highest BCUT2D eigenvalue weighted by Crippen LogP contribution is 2.30. The first-order valence-corrected chi connectivity index (χ1v) is 6.12. The van der Waals surface area contributed by atoms with Crippen molar-refractivity contribution < 1.29 is 4.79 Å². The Labute approximate surface area is 98.0 Å². The lowest BCUT2D eigenvalue weighted by Gasteiger charge is -2.18. The van der Waals surface area contributed by atoms with Gasteiger partial charge in [-0.1, -0.05) is 18.2 Å². The first-order valence-electron chi connectivity index (χ1n) is 5.24. The van der Waals surface area contributed by atoms with Gasteiger partial charge in [-0.15, -0.1) is 0 Å². The Kier molecular flexibility index (Phi) is 3.28. The quantitative estimate of drug-likeness (QED) is 0.753. The van der Waals surface area contributed by atoms with E-state index in [1.807, 2.05) is 0 Å². The van der Waals surface area contributed by atoms with Crippen LogP contribution >= 0.6 is 11.8 Å². The Morgan fingerprint density at radius 1 is 1.25 bits per heavy atom. The third-order valence-electron chi connectivity index (χ3n) is 2.49. The Balaban J connectivity index is 2.10. The van der Waals surface area contributed by atoms with Gasteiger partial charge in [0.2, 0.25) is 0 Å². The zero-order valence-electron chi connectivity index (χ0n) is 8.85. The van der Waals surface area contributed by atoms with Gasteiger partial charge in [0.15, 0.2) is 5.16 Å². The van der Waals surface area contributed by atoms with Crippen molar-refractivity contribution >= 4 is 29.2 Å². The van der Waals surface area contributed by atoms with Crippen LogP contribution in [0.4, 0.5) is 11.6 Å². The van der Waals surface area contributed by atoms with Crippen LogP contribution in [0.3, 0.4) is 0 Å². The first-order chi connectivity index (χ1) is 7.65. The molecule has 0 bridgehead atoms. The number of carbonyl (C=O) groups excluding carboxylic acids is 1. The predicted molar refractivity (Wildman–Crippen MR) is 64.0 cm³/mol. The zero-order valence-corrected chi connectivity index (χ0v) is 9.67. The van der Waals surface area contributed by atoms with Crippen LogP contribution in [-0.4, -0.2) is 21.0 Å². The summed E-state index contributed by atoms with van der Waals surface area (Å²) in [5, 5.41) is 0.465. The monoisotopic (exact) mass is 238 g/mol. The van der Waals surface area contributed by atoms with Crippen molar-refractivity contribution in [3.05, 3.63) is 6.07 Å². The third kappa shape index (κ3) is 2.63. The molecule has 0 spiro atoms. The second-order valence-corrected chi connectivity index (χ2v) is 4.99. The van der Waals surface area contributed by atoms with E-state index in [2.05, 4.69) is 9.97 Å². The maximum Gasteiger partial charge on any atom is 0.192 e. The number of hydrogen-bond donors (Lipinski definition) is 2. The van der Waals surface area contributed by atoms with Crippen LogP contribution in [0.1, 0.15) is 25.7 Å². The molecule has 5 nitrogen and oxygen atoms in total. The molecule has 0 saturated heterocycles. The highest BCUT2D eigenvalue weighted by molar-refractivity contribution is 8.00. The number of nitrogen functional groups attached to an aromatic ring is 2. The van der Waals surface area contributed by atoms with Crippen LogP contribution in [0.5, 0.6) is 0 Å². The zero-order chi connectivity index (χ0) is 11.5. The molecule has 0 amide bonds. The van der Waals surface area contributed by atoms with Gasteiger partial charge in [0.1, 0.15) is 17.4 Å². The second-order valence-electron chi connectivity index (χ2n) is 3.82. The molecule has 1 heterocycles. The Morgan fingerprint density at radius 3 is 2.56 bits per heavy atom. The summed E-state index contributed by atoms with van der Waals surface area (Å²) in [6.45, 7) is 0. The van der Waals surface area contributed by atoms with Crippen LogP contribution in [0.2, 0.25) is 0 Å². The van der Waals surface area contributed by atoms with Gasteiger partial charge in [-0.2, -0.15) is 0 Å². The number of hydrogen-bond acceptors (Lipinski definition) is 6. The van der Waals surface area contributed by atoms with E-state index >= 15 is 0 Å². The number of aromatic nitrogens is 2. The second kappa shape index (κ2) is 4.69. The predicted octanol–water partition coefficient (Wildman–Crippen LogP) is 1.24. The average Bonchev–Trinajstić information content (AvgIpc) is 2.20. The van der Waals surface area contributed by atoms with Crippen molar-refractivity contribution in [3.8, 4) is 0 Å². The van der Waals surface area contributed by atoms with Crippen molar-refractivity contribution in [2.45, 2.75) is 36.1 Å². The van der Waals surface area contributed by atoms with E-state index < -0.39 is 0 Å². The van der Waals surface area contributed by atoms with Crippen molar-refractivity contribution in [2.75, 3.05) is 11.5 Å². The molecule has 1 aromatic rings. The molecule has 1 aliphatic rings. The summed E-state index contributed by atoms with van der Waals surface area (Å²) in [5.41, 5.74) is 11.1. The molecule has 1 aliphatic carbocycles. The van der Waals surface area contributed by atoms with Crippen molar-refractivity contribution in [2.24, 2.45) is 0 Å². The van der Waals surface area contributed by atoms with Gasteiger partial charge in [-0.3, -0.25) is 4.79 Å². The van der Waals surface area contributed by atoms with Gasteiger partial charge in [-0.25, -0.2) is 9.97 Å². The van der Waals surface area contributed by atoms with E-state index in [0.29, 0.717) is 23.2 Å². The minimum atomic E-state index is -0.0325. The summed E-state index contributed by atoms with van der Waals surface area (Å²) < 4.78 is 0. The molecule has 0 aliphatic heterocycles. The van der Waals surface area contributed by atoms with E-state index in [0.717, 1.165) is 19.3 Å². The van der Waals surface area contributed by atoms with E-state index in [1.54, 1.807) is 0 Å². The Hall–Kier alpha value is -1.30. The van der Waals surface area contributed by atoms with E-state index in [9.17, 15) is 4.79 Å². The molecule has 16 heavy (non-hydrogen) atoms. The van der Waals surface area contributed by atoms with Crippen LogP contribution in [0, 0.1) is 0 Å². The molecular formula is C10H14N4OS. The molecule has 0 aromatic carbocycles. The molecule has 6 heteroatoms. The van der Waals surface area contributed by atoms with Gasteiger partial charge >= 0.3 is 0 Å². The van der Waals surface area contributed by atoms with Gasteiger partial charge < -0.3 is 11.5 Å². The van der Waals surface area contributed by atoms with E-state index in [1.165, 1.54) is 17.8 Å². The van der Waals surface area contributed by atoms with E-state index in [4.69, 9.17) is 11.5 Å². The number of carbonyl (C=O) groups is 1. The number of nitrogens with two attached hydrogens (primary N) is 2. The number of ketones is 1. The van der Waals surface area contributed by atoms with Gasteiger partial charge in [0, 0.05) is 12.5 Å². The molecule has 86 valence electrons. The molecule has 2 rings (SSSR count). The number of Topliss-reactive ketones (excluding diaryl/α,β-unsaturated/α-hetero) is 1. The molecule has 1 saturated carbocycles. The smallest absolute Gasteiger partial charge is 0.192 e. The third-order valence-corrected chi connectivity index (χ3v) is 3.67. The largest absolute Gasteiger partial charge is 0.383 e. The molecule has 0 radical (unpaired) electrons. The number of nitrogens with zero attached hydrogens (tertiary/aromatic N) is 2. The highest BCUT2D eigenvalue weighted by Gasteiger charge is 2.24. The number of rotatable bonds is 2. The molecule has 1 fully saturated rings. The van der Waals surface area contributed by atoms with Crippen molar-refractivity contribution in [1.82, 2.24) is 9.97 Å². The topological polar surface area (TPSA) is 94.9 Å². The van der Waals surface area contributed by atoms with E-state index in [-0.39, 0.29) is 11.0 Å². The minimum Gasteiger partial charge on any atom is -0.383 e. The standard InChI is InChI=1S/C10H14N4OS/c11-8-5-9(12)14-10(13-8)16-7-4-2-1-3-6(7)15/h5,7H,1-4H2,(H4,11,12,13,14). The van der Waals surface area contributed by atoms with Crippen LogP contribution in [-0.2, 0) is 4.79 Å². The average molecular weight is 238 g/mol.